The molecule has 0 radical (unpaired) electrons. The number of hydrogen-bond acceptors (Lipinski definition) is 14. The van der Waals surface area contributed by atoms with Crippen LogP contribution in [0.2, 0.25) is 0 Å². The summed E-state index contributed by atoms with van der Waals surface area (Å²) in [5.74, 6) is -0.914. The molecule has 0 aromatic heterocycles. The molecule has 1 aromatic carbocycles. The summed E-state index contributed by atoms with van der Waals surface area (Å²) in [7, 11) is 2.93. The number of benzene rings is 1. The minimum absolute atomic E-state index is 0.00487. The van der Waals surface area contributed by atoms with Gasteiger partial charge >= 0.3 is 11.9 Å². The van der Waals surface area contributed by atoms with E-state index in [9.17, 15) is 19.8 Å². The first-order valence-electron chi connectivity index (χ1n) is 22.6. The molecule has 0 amide bonds. The molecule has 6 saturated heterocycles. The van der Waals surface area contributed by atoms with E-state index in [1.807, 2.05) is 6.07 Å². The molecule has 6 heterocycles. The van der Waals surface area contributed by atoms with Gasteiger partial charge in [0.25, 0.3) is 0 Å². The van der Waals surface area contributed by atoms with Crippen molar-refractivity contribution in [2.75, 3.05) is 34.0 Å². The Morgan fingerprint density at radius 3 is 2.44 bits per heavy atom. The number of esters is 2. The highest BCUT2D eigenvalue weighted by atomic mass is 16.7. The molecular formula is C48H68O14. The van der Waals surface area contributed by atoms with Gasteiger partial charge in [0.15, 0.2) is 6.10 Å². The van der Waals surface area contributed by atoms with Crippen LogP contribution in [0.5, 0.6) is 0 Å². The normalized spacial score (nSPS) is 38.4. The van der Waals surface area contributed by atoms with E-state index in [2.05, 4.69) is 26.7 Å². The van der Waals surface area contributed by atoms with E-state index in [-0.39, 0.29) is 73.4 Å². The second-order valence-corrected chi connectivity index (χ2v) is 18.0. The molecule has 17 atom stereocenters. The van der Waals surface area contributed by atoms with Crippen LogP contribution in [-0.2, 0) is 52.2 Å². The molecule has 2 N–H and O–H groups in total. The Balaban J connectivity index is 0.916. The van der Waals surface area contributed by atoms with Crippen LogP contribution in [0.4, 0.5) is 0 Å². The summed E-state index contributed by atoms with van der Waals surface area (Å²) in [4.78, 5) is 25.8. The average molecular weight is 869 g/mol. The molecule has 12 unspecified atom stereocenters. The summed E-state index contributed by atoms with van der Waals surface area (Å²) in [6.45, 7) is 15.5. The van der Waals surface area contributed by atoms with Crippen molar-refractivity contribution < 1.29 is 67.2 Å². The van der Waals surface area contributed by atoms with E-state index in [4.69, 9.17) is 47.4 Å². The van der Waals surface area contributed by atoms with Gasteiger partial charge < -0.3 is 57.6 Å². The van der Waals surface area contributed by atoms with Crippen molar-refractivity contribution in [1.29, 1.82) is 0 Å². The lowest BCUT2D eigenvalue weighted by Gasteiger charge is -2.43. The zero-order valence-corrected chi connectivity index (χ0v) is 36.6. The first-order chi connectivity index (χ1) is 30.0. The Hall–Kier alpha value is -3.02. The summed E-state index contributed by atoms with van der Waals surface area (Å²) in [6.07, 6.45) is 2.95. The predicted octanol–water partition coefficient (Wildman–Crippen LogP) is 5.22. The first-order valence-corrected chi connectivity index (χ1v) is 22.6. The SMILES string of the molecule is C=CCC1O[C@@H]2C(O[C@@H]3CCOC23)C(OCCCC2CC(=C)C(CCC3CC(C)C(=C)C(C[C@@H]4O[C@H](CC(O)CO)[C@H](OC)C4CC(=O)OC)O3)O2)C1OC(=O)c1ccccc1. The summed E-state index contributed by atoms with van der Waals surface area (Å²) in [5, 5.41) is 19.7. The average Bonchev–Trinajstić information content (AvgIpc) is 4.04. The Labute approximate surface area is 366 Å². The van der Waals surface area contributed by atoms with Crippen LogP contribution in [0.1, 0.15) is 87.9 Å². The Morgan fingerprint density at radius 2 is 1.69 bits per heavy atom. The number of carbonyl (C=O) groups is 2. The first kappa shape index (κ1) is 47.0. The molecule has 0 spiro atoms. The van der Waals surface area contributed by atoms with Gasteiger partial charge in [-0.3, -0.25) is 4.79 Å². The number of ether oxygens (including phenoxy) is 10. The maximum atomic E-state index is 13.4. The van der Waals surface area contributed by atoms with Gasteiger partial charge in [-0.15, -0.1) is 6.58 Å². The highest BCUT2D eigenvalue weighted by molar-refractivity contribution is 5.89. The van der Waals surface area contributed by atoms with Crippen LogP contribution in [0.25, 0.3) is 0 Å². The number of methoxy groups -OCH3 is 2. The zero-order chi connectivity index (χ0) is 43.9. The molecule has 7 rings (SSSR count). The Kier molecular flexibility index (Phi) is 16.5. The second-order valence-electron chi connectivity index (χ2n) is 18.0. The molecule has 62 heavy (non-hydrogen) atoms. The molecule has 6 aliphatic rings. The monoisotopic (exact) mass is 868 g/mol. The van der Waals surface area contributed by atoms with Crippen LogP contribution >= 0.6 is 0 Å². The zero-order valence-electron chi connectivity index (χ0n) is 36.6. The van der Waals surface area contributed by atoms with Gasteiger partial charge in [0, 0.05) is 39.1 Å². The lowest BCUT2D eigenvalue weighted by atomic mass is 9.82. The lowest BCUT2D eigenvalue weighted by molar-refractivity contribution is -0.233. The Bertz CT molecular complexity index is 1670. The number of hydrogen-bond donors (Lipinski definition) is 2. The third-order valence-electron chi connectivity index (χ3n) is 13.8. The van der Waals surface area contributed by atoms with Gasteiger partial charge in [-0.05, 0) is 80.6 Å². The number of rotatable bonds is 20. The van der Waals surface area contributed by atoms with Crippen LogP contribution in [-0.4, -0.2) is 148 Å². The molecule has 0 aliphatic carbocycles. The predicted molar refractivity (Wildman–Crippen MR) is 226 cm³/mol. The summed E-state index contributed by atoms with van der Waals surface area (Å²) < 4.78 is 62.5. The van der Waals surface area contributed by atoms with Crippen LogP contribution in [0.3, 0.4) is 0 Å². The van der Waals surface area contributed by atoms with Crippen molar-refractivity contribution >= 4 is 11.9 Å². The molecule has 344 valence electrons. The van der Waals surface area contributed by atoms with Crippen molar-refractivity contribution in [1.82, 2.24) is 0 Å². The van der Waals surface area contributed by atoms with Gasteiger partial charge in [-0.25, -0.2) is 4.79 Å². The summed E-state index contributed by atoms with van der Waals surface area (Å²) in [6, 6.07) is 8.94. The molecule has 14 heteroatoms. The number of aliphatic hydroxyl groups is 2. The van der Waals surface area contributed by atoms with Gasteiger partial charge in [0.2, 0.25) is 0 Å². The van der Waals surface area contributed by atoms with E-state index in [1.165, 1.54) is 7.11 Å². The lowest BCUT2D eigenvalue weighted by Crippen LogP contribution is -2.60. The van der Waals surface area contributed by atoms with E-state index >= 15 is 0 Å². The van der Waals surface area contributed by atoms with Crippen molar-refractivity contribution in [3.05, 3.63) is 72.9 Å². The van der Waals surface area contributed by atoms with Gasteiger partial charge in [-0.1, -0.05) is 44.4 Å². The fourth-order valence-corrected chi connectivity index (χ4v) is 10.5. The van der Waals surface area contributed by atoms with Crippen molar-refractivity contribution in [3.63, 3.8) is 0 Å². The number of fused-ring (bicyclic) bond motifs is 3. The number of aliphatic hydroxyl groups excluding tert-OH is 2. The standard InChI is InChI=1S/C48H68O14/c1-7-12-36-44(62-48(52)30-13-9-8-10-14-30)45(47-46(60-36)43-37(61-47)18-20-56-43)55-19-11-15-32-22-28(3)35(57-32)17-16-33-21-27(2)29(4)38(58-33)25-39-34(24-41(51)53-5)42(54-6)40(59-39)23-31(50)26-49/h7-10,13-14,27,31-40,42-47,49-50H,1,3-4,11-12,15-26H2,2,5-6H3/t27?,31?,32?,33?,34?,35?,36?,37-,38?,39+,40-,42-,43?,44?,45?,46+,47?/m1/s1. The maximum Gasteiger partial charge on any atom is 0.338 e. The minimum Gasteiger partial charge on any atom is -0.469 e. The molecular weight excluding hydrogens is 801 g/mol. The fraction of sp³-hybridized carbons (Fsp3) is 0.708. The molecule has 0 bridgehead atoms. The van der Waals surface area contributed by atoms with Gasteiger partial charge in [-0.2, -0.15) is 0 Å². The van der Waals surface area contributed by atoms with E-state index in [1.54, 1.807) is 37.5 Å². The van der Waals surface area contributed by atoms with Crippen LogP contribution < -0.4 is 0 Å². The molecule has 0 saturated carbocycles. The molecule has 14 nitrogen and oxygen atoms in total. The van der Waals surface area contributed by atoms with Crippen molar-refractivity contribution in [2.24, 2.45) is 11.8 Å². The van der Waals surface area contributed by atoms with Crippen LogP contribution in [0.15, 0.2) is 67.3 Å². The minimum atomic E-state index is -0.967. The molecule has 1 aromatic rings. The van der Waals surface area contributed by atoms with Crippen molar-refractivity contribution in [2.45, 2.75) is 169 Å². The van der Waals surface area contributed by atoms with Gasteiger partial charge in [0.05, 0.1) is 80.6 Å². The van der Waals surface area contributed by atoms with Gasteiger partial charge in [0.1, 0.15) is 30.5 Å². The molecule has 6 aliphatic heterocycles. The third-order valence-corrected chi connectivity index (χ3v) is 13.8. The third kappa shape index (κ3) is 10.9. The van der Waals surface area contributed by atoms with Crippen molar-refractivity contribution in [3.8, 4) is 0 Å². The maximum absolute atomic E-state index is 13.4. The second kappa shape index (κ2) is 21.8. The quantitative estimate of drug-likeness (QED) is 0.0996. The fourth-order valence-electron chi connectivity index (χ4n) is 10.5. The number of carbonyl (C=O) groups excluding carboxylic acids is 2. The highest BCUT2D eigenvalue weighted by Crippen LogP contribution is 2.43. The highest BCUT2D eigenvalue weighted by Gasteiger charge is 2.59. The smallest absolute Gasteiger partial charge is 0.338 e. The topological polar surface area (TPSA) is 167 Å². The van der Waals surface area contributed by atoms with E-state index in [0.717, 1.165) is 56.1 Å². The van der Waals surface area contributed by atoms with E-state index in [0.29, 0.717) is 31.6 Å². The Morgan fingerprint density at radius 1 is 0.903 bits per heavy atom. The summed E-state index contributed by atoms with van der Waals surface area (Å²) in [5.41, 5.74) is 2.52. The summed E-state index contributed by atoms with van der Waals surface area (Å²) >= 11 is 0. The largest absolute Gasteiger partial charge is 0.469 e. The molecule has 6 fully saturated rings. The van der Waals surface area contributed by atoms with Crippen LogP contribution in [0, 0.1) is 11.8 Å². The van der Waals surface area contributed by atoms with E-state index < -0.39 is 61.4 Å².